The molecule has 0 aliphatic carbocycles. The van der Waals surface area contributed by atoms with Crippen molar-refractivity contribution in [3.63, 3.8) is 0 Å². The highest BCUT2D eigenvalue weighted by Crippen LogP contribution is 2.28. The van der Waals surface area contributed by atoms with Gasteiger partial charge < -0.3 is 10.1 Å². The van der Waals surface area contributed by atoms with Crippen LogP contribution in [0.1, 0.15) is 12.5 Å². The molecule has 1 aromatic rings. The molecule has 2 atom stereocenters. The first-order valence-electron chi connectivity index (χ1n) is 6.20. The second-order valence-electron chi connectivity index (χ2n) is 4.33. The summed E-state index contributed by atoms with van der Waals surface area (Å²) in [5.41, 5.74) is 0.930. The van der Waals surface area contributed by atoms with Gasteiger partial charge in [-0.25, -0.2) is 4.39 Å². The summed E-state index contributed by atoms with van der Waals surface area (Å²) >= 11 is 0. The summed E-state index contributed by atoms with van der Waals surface area (Å²) in [5, 5.41) is 3.23. The van der Waals surface area contributed by atoms with Crippen molar-refractivity contribution in [3.8, 4) is 5.75 Å². The van der Waals surface area contributed by atoms with Gasteiger partial charge in [0.1, 0.15) is 17.7 Å². The number of ether oxygens (including phenoxy) is 1. The van der Waals surface area contributed by atoms with Crippen LogP contribution in [-0.4, -0.2) is 34.9 Å². The third kappa shape index (κ3) is 3.53. The lowest BCUT2D eigenvalue weighted by Gasteiger charge is -2.11. The van der Waals surface area contributed by atoms with Crippen LogP contribution in [0.25, 0.3) is 0 Å². The van der Waals surface area contributed by atoms with Crippen molar-refractivity contribution in [2.24, 2.45) is 0 Å². The largest absolute Gasteiger partial charge is 0.488 e. The summed E-state index contributed by atoms with van der Waals surface area (Å²) in [6.07, 6.45) is 0.786. The molecule has 0 bridgehead atoms. The molecule has 1 heterocycles. The predicted octanol–water partition coefficient (Wildman–Crippen LogP) is 1.49. The number of hydrogen-bond acceptors (Lipinski definition) is 3. The number of fused-ring (bicyclic) bond motifs is 1. The highest BCUT2D eigenvalue weighted by molar-refractivity contribution is 7.84. The highest BCUT2D eigenvalue weighted by Gasteiger charge is 2.22. The van der Waals surface area contributed by atoms with Crippen LogP contribution in [0, 0.1) is 5.82 Å². The quantitative estimate of drug-likeness (QED) is 0.797. The van der Waals surface area contributed by atoms with Crippen molar-refractivity contribution in [2.45, 2.75) is 19.4 Å². The van der Waals surface area contributed by atoms with Crippen molar-refractivity contribution >= 4 is 10.8 Å². The molecule has 0 aromatic heterocycles. The molecule has 2 unspecified atom stereocenters. The maximum atomic E-state index is 13.0. The smallest absolute Gasteiger partial charge is 0.123 e. The van der Waals surface area contributed by atoms with Gasteiger partial charge in [0.15, 0.2) is 0 Å². The SMILES string of the molecule is CCS(=O)CCNCC1Cc2cc(F)ccc2O1. The number of benzene rings is 1. The van der Waals surface area contributed by atoms with E-state index in [9.17, 15) is 8.60 Å². The molecule has 1 aromatic carbocycles. The van der Waals surface area contributed by atoms with Crippen LogP contribution in [-0.2, 0) is 17.2 Å². The fraction of sp³-hybridized carbons (Fsp3) is 0.538. The van der Waals surface area contributed by atoms with E-state index in [1.165, 1.54) is 12.1 Å². The van der Waals surface area contributed by atoms with Crippen molar-refractivity contribution < 1.29 is 13.3 Å². The average molecular weight is 271 g/mol. The molecule has 1 aliphatic heterocycles. The summed E-state index contributed by atoms with van der Waals surface area (Å²) in [5.74, 6) is 1.93. The Labute approximate surface area is 109 Å². The van der Waals surface area contributed by atoms with E-state index in [0.717, 1.165) is 24.3 Å². The lowest BCUT2D eigenvalue weighted by Crippen LogP contribution is -2.32. The van der Waals surface area contributed by atoms with E-state index in [2.05, 4.69) is 5.32 Å². The molecule has 100 valence electrons. The summed E-state index contributed by atoms with van der Waals surface area (Å²) in [7, 11) is -0.726. The third-order valence-electron chi connectivity index (χ3n) is 2.96. The summed E-state index contributed by atoms with van der Waals surface area (Å²) < 4.78 is 29.9. The van der Waals surface area contributed by atoms with Gasteiger partial charge in [-0.1, -0.05) is 6.92 Å². The molecule has 18 heavy (non-hydrogen) atoms. The number of nitrogens with one attached hydrogen (secondary N) is 1. The zero-order valence-corrected chi connectivity index (χ0v) is 11.3. The Balaban J connectivity index is 1.73. The second-order valence-corrected chi connectivity index (χ2v) is 6.20. The van der Waals surface area contributed by atoms with E-state index >= 15 is 0 Å². The van der Waals surface area contributed by atoms with Crippen molar-refractivity contribution in [1.29, 1.82) is 0 Å². The third-order valence-corrected chi connectivity index (χ3v) is 4.27. The number of hydrogen-bond donors (Lipinski definition) is 1. The van der Waals surface area contributed by atoms with Crippen molar-refractivity contribution in [1.82, 2.24) is 5.32 Å². The topological polar surface area (TPSA) is 38.3 Å². The van der Waals surface area contributed by atoms with Crippen LogP contribution in [0.2, 0.25) is 0 Å². The lowest BCUT2D eigenvalue weighted by atomic mass is 10.1. The average Bonchev–Trinajstić information content (AvgIpc) is 2.76. The second kappa shape index (κ2) is 6.29. The first kappa shape index (κ1) is 13.5. The Morgan fingerprint density at radius 2 is 2.39 bits per heavy atom. The van der Waals surface area contributed by atoms with Gasteiger partial charge in [-0.3, -0.25) is 4.21 Å². The minimum Gasteiger partial charge on any atom is -0.488 e. The van der Waals surface area contributed by atoms with E-state index < -0.39 is 10.8 Å². The zero-order valence-electron chi connectivity index (χ0n) is 10.4. The fourth-order valence-electron chi connectivity index (χ4n) is 2.00. The fourth-order valence-corrected chi connectivity index (χ4v) is 2.66. The summed E-state index contributed by atoms with van der Waals surface area (Å²) in [6.45, 7) is 3.35. The van der Waals surface area contributed by atoms with Crippen LogP contribution in [0.3, 0.4) is 0 Å². The van der Waals surface area contributed by atoms with E-state index in [1.54, 1.807) is 6.07 Å². The Morgan fingerprint density at radius 1 is 1.56 bits per heavy atom. The van der Waals surface area contributed by atoms with Gasteiger partial charge in [0.05, 0.1) is 0 Å². The maximum absolute atomic E-state index is 13.0. The Morgan fingerprint density at radius 3 is 3.17 bits per heavy atom. The number of halogens is 1. The molecule has 0 amide bonds. The maximum Gasteiger partial charge on any atom is 0.123 e. The first-order chi connectivity index (χ1) is 8.69. The van der Waals surface area contributed by atoms with Crippen molar-refractivity contribution in [2.75, 3.05) is 24.6 Å². The normalized spacial score (nSPS) is 19.3. The van der Waals surface area contributed by atoms with E-state index in [4.69, 9.17) is 4.74 Å². The van der Waals surface area contributed by atoms with Gasteiger partial charge in [-0.15, -0.1) is 0 Å². The molecule has 2 rings (SSSR count). The zero-order chi connectivity index (χ0) is 13.0. The molecule has 0 saturated heterocycles. The van der Waals surface area contributed by atoms with Crippen LogP contribution in [0.4, 0.5) is 4.39 Å². The summed E-state index contributed by atoms with van der Waals surface area (Å²) in [4.78, 5) is 0. The van der Waals surface area contributed by atoms with Gasteiger partial charge in [0.2, 0.25) is 0 Å². The van der Waals surface area contributed by atoms with E-state index in [-0.39, 0.29) is 11.9 Å². The van der Waals surface area contributed by atoms with Gasteiger partial charge in [0, 0.05) is 47.4 Å². The molecule has 1 N–H and O–H groups in total. The molecule has 1 aliphatic rings. The van der Waals surface area contributed by atoms with Gasteiger partial charge in [-0.2, -0.15) is 0 Å². The molecular formula is C13H18FNO2S. The standard InChI is InChI=1S/C13H18FNO2S/c1-2-18(16)6-5-15-9-12-8-10-7-11(14)3-4-13(10)17-12/h3-4,7,12,15H,2,5-6,8-9H2,1H3. The monoisotopic (exact) mass is 271 g/mol. The van der Waals surface area contributed by atoms with Gasteiger partial charge in [-0.05, 0) is 18.2 Å². The van der Waals surface area contributed by atoms with Gasteiger partial charge in [0.25, 0.3) is 0 Å². The Bertz CT molecular complexity index is 439. The summed E-state index contributed by atoms with van der Waals surface area (Å²) in [6, 6.07) is 4.62. The first-order valence-corrected chi connectivity index (χ1v) is 7.68. The van der Waals surface area contributed by atoms with Crippen LogP contribution >= 0.6 is 0 Å². The Kier molecular flexibility index (Phi) is 4.72. The van der Waals surface area contributed by atoms with Crippen molar-refractivity contribution in [3.05, 3.63) is 29.6 Å². The molecule has 0 fully saturated rings. The predicted molar refractivity (Wildman–Crippen MR) is 70.9 cm³/mol. The molecular weight excluding hydrogens is 253 g/mol. The minimum atomic E-state index is -0.726. The molecule has 0 spiro atoms. The minimum absolute atomic E-state index is 0.0526. The molecule has 0 radical (unpaired) electrons. The molecule has 3 nitrogen and oxygen atoms in total. The number of rotatable bonds is 6. The van der Waals surface area contributed by atoms with Gasteiger partial charge >= 0.3 is 0 Å². The van der Waals surface area contributed by atoms with Crippen LogP contribution in [0.5, 0.6) is 5.75 Å². The molecule has 0 saturated carbocycles. The lowest BCUT2D eigenvalue weighted by molar-refractivity contribution is 0.229. The van der Waals surface area contributed by atoms with E-state index in [1.807, 2.05) is 6.92 Å². The van der Waals surface area contributed by atoms with Crippen LogP contribution < -0.4 is 10.1 Å². The molecule has 5 heteroatoms. The highest BCUT2D eigenvalue weighted by atomic mass is 32.2. The van der Waals surface area contributed by atoms with Crippen LogP contribution in [0.15, 0.2) is 18.2 Å². The Hall–Kier alpha value is -0.940. The van der Waals surface area contributed by atoms with E-state index in [0.29, 0.717) is 18.1 Å².